The molecule has 158 valence electrons. The van der Waals surface area contributed by atoms with Gasteiger partial charge >= 0.3 is 6.03 Å². The fraction of sp³-hybridized carbons (Fsp3) is 0.333. The van der Waals surface area contributed by atoms with E-state index >= 15 is 0 Å². The number of anilines is 1. The van der Waals surface area contributed by atoms with Gasteiger partial charge in [0, 0.05) is 29.9 Å². The first kappa shape index (κ1) is 20.4. The monoisotopic (exact) mass is 433 g/mol. The summed E-state index contributed by atoms with van der Waals surface area (Å²) in [5, 5.41) is 12.5. The lowest BCUT2D eigenvalue weighted by atomic mass is 10.0. The van der Waals surface area contributed by atoms with E-state index in [1.165, 1.54) is 12.3 Å². The fourth-order valence-corrected chi connectivity index (χ4v) is 3.54. The molecule has 0 saturated carbocycles. The standard InChI is InChI=1S/C21H21ClFN3O4/c22-15-2-1-14(17(23)10-15)9-13-4-7-26(8-5-13)21(28)25-18-3-6-24-20-19(18)30-16(11-27)12-29-20/h1-3,6,9-10,16,27H,4-5,7-8,11-12H2,(H,24,25,28). The summed E-state index contributed by atoms with van der Waals surface area (Å²) >= 11 is 5.80. The van der Waals surface area contributed by atoms with Crippen LogP contribution >= 0.6 is 11.6 Å². The first-order valence-corrected chi connectivity index (χ1v) is 10.0. The Bertz CT molecular complexity index is 975. The number of nitrogens with zero attached hydrogens (tertiary/aromatic N) is 2. The maximum atomic E-state index is 14.0. The molecule has 7 nitrogen and oxygen atoms in total. The number of likely N-dealkylation sites (tertiary alicyclic amines) is 1. The quantitative estimate of drug-likeness (QED) is 0.770. The van der Waals surface area contributed by atoms with Crippen LogP contribution in [-0.4, -0.2) is 53.4 Å². The number of piperidine rings is 1. The highest BCUT2D eigenvalue weighted by atomic mass is 35.5. The van der Waals surface area contributed by atoms with Gasteiger partial charge in [-0.05, 0) is 31.0 Å². The van der Waals surface area contributed by atoms with E-state index in [9.17, 15) is 14.3 Å². The van der Waals surface area contributed by atoms with Gasteiger partial charge in [-0.2, -0.15) is 0 Å². The van der Waals surface area contributed by atoms with E-state index in [1.54, 1.807) is 23.1 Å². The fourth-order valence-electron chi connectivity index (χ4n) is 3.38. The first-order valence-electron chi connectivity index (χ1n) is 9.63. The topological polar surface area (TPSA) is 83.9 Å². The molecule has 2 N–H and O–H groups in total. The van der Waals surface area contributed by atoms with Gasteiger partial charge in [0.2, 0.25) is 5.75 Å². The predicted molar refractivity (Wildman–Crippen MR) is 110 cm³/mol. The van der Waals surface area contributed by atoms with Crippen molar-refractivity contribution in [3.8, 4) is 11.6 Å². The van der Waals surface area contributed by atoms with Gasteiger partial charge < -0.3 is 24.8 Å². The number of pyridine rings is 1. The van der Waals surface area contributed by atoms with Crippen molar-refractivity contribution in [3.63, 3.8) is 0 Å². The minimum Gasteiger partial charge on any atom is -0.477 e. The maximum absolute atomic E-state index is 14.0. The molecule has 1 atom stereocenters. The molecule has 1 aromatic heterocycles. The minimum atomic E-state index is -0.506. The van der Waals surface area contributed by atoms with Crippen molar-refractivity contribution in [3.05, 3.63) is 52.4 Å². The van der Waals surface area contributed by atoms with Crippen LogP contribution in [0.4, 0.5) is 14.9 Å². The van der Waals surface area contributed by atoms with E-state index in [1.807, 2.05) is 6.08 Å². The largest absolute Gasteiger partial charge is 0.477 e. The summed E-state index contributed by atoms with van der Waals surface area (Å²) in [6.07, 6.45) is 4.13. The van der Waals surface area contributed by atoms with Crippen LogP contribution in [0.2, 0.25) is 5.02 Å². The van der Waals surface area contributed by atoms with Crippen molar-refractivity contribution in [1.82, 2.24) is 9.88 Å². The Morgan fingerprint density at radius 2 is 2.17 bits per heavy atom. The molecule has 2 aromatic rings. The Morgan fingerprint density at radius 3 is 2.90 bits per heavy atom. The molecule has 1 unspecified atom stereocenters. The maximum Gasteiger partial charge on any atom is 0.321 e. The van der Waals surface area contributed by atoms with Gasteiger partial charge in [-0.3, -0.25) is 0 Å². The molecule has 0 spiro atoms. The molecular weight excluding hydrogens is 413 g/mol. The number of ether oxygens (including phenoxy) is 2. The van der Waals surface area contributed by atoms with Crippen LogP contribution in [0, 0.1) is 5.82 Å². The molecule has 4 rings (SSSR count). The summed E-state index contributed by atoms with van der Waals surface area (Å²) in [5.41, 5.74) is 2.00. The molecule has 0 aliphatic carbocycles. The first-order chi connectivity index (χ1) is 14.5. The van der Waals surface area contributed by atoms with Crippen LogP contribution in [0.15, 0.2) is 36.0 Å². The van der Waals surface area contributed by atoms with E-state index in [0.29, 0.717) is 48.0 Å². The Hall–Kier alpha value is -2.84. The van der Waals surface area contributed by atoms with Gasteiger partial charge in [0.25, 0.3) is 5.88 Å². The predicted octanol–water partition coefficient (Wildman–Crippen LogP) is 3.72. The summed E-state index contributed by atoms with van der Waals surface area (Å²) in [6.45, 7) is 1.02. The third-order valence-corrected chi connectivity index (χ3v) is 5.26. The number of nitrogens with one attached hydrogen (secondary N) is 1. The van der Waals surface area contributed by atoms with Crippen LogP contribution in [-0.2, 0) is 0 Å². The number of amides is 2. The van der Waals surface area contributed by atoms with Crippen molar-refractivity contribution >= 4 is 29.4 Å². The Morgan fingerprint density at radius 1 is 1.37 bits per heavy atom. The average Bonchev–Trinajstić information content (AvgIpc) is 2.76. The van der Waals surface area contributed by atoms with Crippen molar-refractivity contribution in [2.75, 3.05) is 31.6 Å². The summed E-state index contributed by atoms with van der Waals surface area (Å²) in [5.74, 6) is 0.236. The molecule has 1 saturated heterocycles. The number of urea groups is 1. The van der Waals surface area contributed by atoms with E-state index in [4.69, 9.17) is 21.1 Å². The van der Waals surface area contributed by atoms with Crippen LogP contribution in [0.3, 0.4) is 0 Å². The highest BCUT2D eigenvalue weighted by Gasteiger charge is 2.26. The molecule has 30 heavy (non-hydrogen) atoms. The highest BCUT2D eigenvalue weighted by Crippen LogP contribution is 2.37. The molecular formula is C21H21ClFN3O4. The normalized spacial score (nSPS) is 18.2. The van der Waals surface area contributed by atoms with Crippen LogP contribution in [0.1, 0.15) is 18.4 Å². The van der Waals surface area contributed by atoms with Gasteiger partial charge in [0.1, 0.15) is 12.4 Å². The number of aliphatic hydroxyl groups is 1. The Balaban J connectivity index is 1.39. The van der Waals surface area contributed by atoms with Gasteiger partial charge in [-0.1, -0.05) is 29.3 Å². The number of carbonyl (C=O) groups excluding carboxylic acids is 1. The number of carbonyl (C=O) groups is 1. The summed E-state index contributed by atoms with van der Waals surface area (Å²) in [7, 11) is 0. The molecule has 1 fully saturated rings. The number of hydrogen-bond donors (Lipinski definition) is 2. The summed E-state index contributed by atoms with van der Waals surface area (Å²) < 4.78 is 25.2. The number of aromatic nitrogens is 1. The van der Waals surface area contributed by atoms with E-state index in [2.05, 4.69) is 10.3 Å². The summed E-state index contributed by atoms with van der Waals surface area (Å²) in [4.78, 5) is 18.5. The van der Waals surface area contributed by atoms with Crippen molar-refractivity contribution in [2.45, 2.75) is 18.9 Å². The highest BCUT2D eigenvalue weighted by molar-refractivity contribution is 6.30. The Kier molecular flexibility index (Phi) is 6.06. The number of rotatable bonds is 3. The van der Waals surface area contributed by atoms with Gasteiger partial charge in [0.15, 0.2) is 6.10 Å². The molecule has 3 heterocycles. The number of aliphatic hydroxyl groups excluding tert-OH is 1. The molecule has 0 radical (unpaired) electrons. The van der Waals surface area contributed by atoms with Gasteiger partial charge in [-0.15, -0.1) is 0 Å². The second-order valence-corrected chi connectivity index (χ2v) is 7.55. The van der Waals surface area contributed by atoms with Crippen LogP contribution in [0.25, 0.3) is 6.08 Å². The third-order valence-electron chi connectivity index (χ3n) is 5.02. The van der Waals surface area contributed by atoms with Gasteiger partial charge in [0.05, 0.1) is 12.3 Å². The number of halogens is 2. The zero-order chi connectivity index (χ0) is 21.1. The molecule has 1 aromatic carbocycles. The number of benzene rings is 1. The summed E-state index contributed by atoms with van der Waals surface area (Å²) in [6, 6.07) is 5.95. The lowest BCUT2D eigenvalue weighted by molar-refractivity contribution is 0.0431. The average molecular weight is 434 g/mol. The van der Waals surface area contributed by atoms with Crippen molar-refractivity contribution in [2.24, 2.45) is 0 Å². The SMILES string of the molecule is O=C(Nc1ccnc2c1OC(CO)CO2)N1CCC(=Cc2ccc(Cl)cc2F)CC1. The molecule has 2 aliphatic heterocycles. The van der Waals surface area contributed by atoms with Crippen molar-refractivity contribution in [1.29, 1.82) is 0 Å². The molecule has 0 bridgehead atoms. The Labute approximate surface area is 178 Å². The van der Waals surface area contributed by atoms with Crippen molar-refractivity contribution < 1.29 is 23.8 Å². The molecule has 2 amide bonds. The van der Waals surface area contributed by atoms with E-state index < -0.39 is 6.10 Å². The van der Waals surface area contributed by atoms with E-state index in [0.717, 1.165) is 5.57 Å². The van der Waals surface area contributed by atoms with Gasteiger partial charge in [-0.25, -0.2) is 14.2 Å². The molecule has 2 aliphatic rings. The second kappa shape index (κ2) is 8.89. The van der Waals surface area contributed by atoms with Crippen LogP contribution < -0.4 is 14.8 Å². The number of hydrogen-bond acceptors (Lipinski definition) is 5. The number of fused-ring (bicyclic) bond motifs is 1. The zero-order valence-electron chi connectivity index (χ0n) is 16.1. The zero-order valence-corrected chi connectivity index (χ0v) is 16.9. The lowest BCUT2D eigenvalue weighted by Gasteiger charge is -2.30. The lowest BCUT2D eigenvalue weighted by Crippen LogP contribution is -2.39. The smallest absolute Gasteiger partial charge is 0.321 e. The minimum absolute atomic E-state index is 0.197. The van der Waals surface area contributed by atoms with Crippen LogP contribution in [0.5, 0.6) is 11.6 Å². The molecule has 9 heteroatoms. The third kappa shape index (κ3) is 4.49. The van der Waals surface area contributed by atoms with E-state index in [-0.39, 0.29) is 30.9 Å². The second-order valence-electron chi connectivity index (χ2n) is 7.11.